The first-order valence-corrected chi connectivity index (χ1v) is 9.48. The molecule has 0 unspecified atom stereocenters. The van der Waals surface area contributed by atoms with Crippen LogP contribution in [-0.4, -0.2) is 17.2 Å². The minimum atomic E-state index is -0.225. The van der Waals surface area contributed by atoms with Gasteiger partial charge in [-0.25, -0.2) is 5.43 Å². The fourth-order valence-corrected chi connectivity index (χ4v) is 4.30. The number of amides is 1. The van der Waals surface area contributed by atoms with E-state index in [1.165, 1.54) is 6.21 Å². The summed E-state index contributed by atoms with van der Waals surface area (Å²) in [7, 11) is 0. The smallest absolute Gasteiger partial charge is 0.244 e. The maximum atomic E-state index is 11.9. The Morgan fingerprint density at radius 3 is 2.43 bits per heavy atom. The van der Waals surface area contributed by atoms with Gasteiger partial charge < -0.3 is 5.11 Å². The summed E-state index contributed by atoms with van der Waals surface area (Å²) < 4.78 is 2.71. The molecule has 0 atom stereocenters. The molecule has 4 nitrogen and oxygen atoms in total. The molecule has 0 heterocycles. The summed E-state index contributed by atoms with van der Waals surface area (Å²) in [5.74, 6) is -0.159. The molecule has 0 radical (unpaired) electrons. The number of rotatable bonds is 4. The molecule has 2 rings (SSSR count). The molecule has 0 aromatic heterocycles. The van der Waals surface area contributed by atoms with Gasteiger partial charge in [0, 0.05) is 14.5 Å². The van der Waals surface area contributed by atoms with E-state index >= 15 is 0 Å². The first-order valence-electron chi connectivity index (χ1n) is 6.31. The average Bonchev–Trinajstić information content (AvgIpc) is 2.51. The molecule has 0 spiro atoms. The predicted octanol–water partition coefficient (Wildman–Crippen LogP) is 5.14. The normalized spacial score (nSPS) is 11.0. The Bertz CT molecular complexity index is 761. The molecule has 2 N–H and O–H groups in total. The van der Waals surface area contributed by atoms with Crippen molar-refractivity contribution in [3.8, 4) is 5.75 Å². The van der Waals surface area contributed by atoms with Gasteiger partial charge in [-0.3, -0.25) is 4.79 Å². The molecule has 1 amide bonds. The van der Waals surface area contributed by atoms with Crippen molar-refractivity contribution in [2.75, 3.05) is 0 Å². The highest BCUT2D eigenvalue weighted by atomic mass is 79.9. The highest BCUT2D eigenvalue weighted by Crippen LogP contribution is 2.38. The van der Waals surface area contributed by atoms with Crippen LogP contribution in [0.4, 0.5) is 0 Å². The summed E-state index contributed by atoms with van der Waals surface area (Å²) in [6.45, 7) is 0. The lowest BCUT2D eigenvalue weighted by atomic mass is 10.1. The number of benzene rings is 2. The molecule has 120 valence electrons. The summed E-state index contributed by atoms with van der Waals surface area (Å²) >= 11 is 13.3. The monoisotopic (exact) mass is 566 g/mol. The zero-order valence-electron chi connectivity index (χ0n) is 11.5. The van der Waals surface area contributed by atoms with E-state index in [0.29, 0.717) is 14.5 Å². The highest BCUT2D eigenvalue weighted by Gasteiger charge is 2.12. The van der Waals surface area contributed by atoms with Crippen molar-refractivity contribution in [2.24, 2.45) is 5.10 Å². The number of hydrogen-bond acceptors (Lipinski definition) is 3. The molecule has 0 saturated heterocycles. The van der Waals surface area contributed by atoms with Crippen LogP contribution >= 0.6 is 63.7 Å². The van der Waals surface area contributed by atoms with E-state index in [1.54, 1.807) is 6.07 Å². The van der Waals surface area contributed by atoms with E-state index in [1.807, 2.05) is 24.3 Å². The Labute approximate surface area is 166 Å². The highest BCUT2D eigenvalue weighted by molar-refractivity contribution is 9.11. The van der Waals surface area contributed by atoms with Crippen molar-refractivity contribution < 1.29 is 9.90 Å². The van der Waals surface area contributed by atoms with Gasteiger partial charge in [-0.15, -0.1) is 0 Å². The lowest BCUT2D eigenvalue weighted by Crippen LogP contribution is -2.19. The van der Waals surface area contributed by atoms with E-state index in [9.17, 15) is 9.90 Å². The van der Waals surface area contributed by atoms with E-state index in [-0.39, 0.29) is 18.1 Å². The molecule has 2 aromatic rings. The Hall–Kier alpha value is -0.700. The Morgan fingerprint density at radius 2 is 1.78 bits per heavy atom. The van der Waals surface area contributed by atoms with Crippen LogP contribution in [0.25, 0.3) is 0 Å². The topological polar surface area (TPSA) is 61.7 Å². The summed E-state index contributed by atoms with van der Waals surface area (Å²) in [4.78, 5) is 11.9. The molecule has 0 aliphatic heterocycles. The lowest BCUT2D eigenvalue weighted by Gasteiger charge is -2.07. The van der Waals surface area contributed by atoms with Crippen LogP contribution in [0.3, 0.4) is 0 Å². The average molecular weight is 570 g/mol. The number of hydrazone groups is 1. The Morgan fingerprint density at radius 1 is 1.13 bits per heavy atom. The van der Waals surface area contributed by atoms with Crippen LogP contribution in [0.5, 0.6) is 5.75 Å². The second kappa shape index (κ2) is 8.41. The second-order valence-electron chi connectivity index (χ2n) is 4.51. The number of nitrogens with one attached hydrogen (secondary N) is 1. The molecule has 0 fully saturated rings. The largest absolute Gasteiger partial charge is 0.506 e. The van der Waals surface area contributed by atoms with E-state index < -0.39 is 0 Å². The van der Waals surface area contributed by atoms with Gasteiger partial charge in [0.25, 0.3) is 0 Å². The van der Waals surface area contributed by atoms with Gasteiger partial charge in [-0.1, -0.05) is 44.0 Å². The van der Waals surface area contributed by atoms with Crippen molar-refractivity contribution in [2.45, 2.75) is 6.42 Å². The zero-order chi connectivity index (χ0) is 17.0. The predicted molar refractivity (Wildman–Crippen MR) is 105 cm³/mol. The van der Waals surface area contributed by atoms with Crippen molar-refractivity contribution in [3.63, 3.8) is 0 Å². The number of carbonyl (C=O) groups excluding carboxylic acids is 1. The van der Waals surface area contributed by atoms with Gasteiger partial charge in [-0.05, 0) is 55.6 Å². The van der Waals surface area contributed by atoms with Crippen molar-refractivity contribution in [1.82, 2.24) is 5.43 Å². The number of nitrogens with zero attached hydrogens (tertiary/aromatic N) is 1. The number of carbonyl (C=O) groups is 1. The van der Waals surface area contributed by atoms with Crippen LogP contribution < -0.4 is 5.43 Å². The first kappa shape index (κ1) is 18.6. The number of phenolic OH excluding ortho intramolecular Hbond substituents is 1. The molecule has 2 aromatic carbocycles. The second-order valence-corrected chi connectivity index (χ2v) is 7.93. The number of phenols is 1. The van der Waals surface area contributed by atoms with Gasteiger partial charge in [-0.2, -0.15) is 5.10 Å². The number of halogens is 4. The fraction of sp³-hybridized carbons (Fsp3) is 0.0667. The van der Waals surface area contributed by atoms with E-state index in [0.717, 1.165) is 14.5 Å². The summed E-state index contributed by atoms with van der Waals surface area (Å²) in [5.41, 5.74) is 3.98. The Kier molecular flexibility index (Phi) is 6.82. The van der Waals surface area contributed by atoms with Gasteiger partial charge in [0.15, 0.2) is 0 Å². The summed E-state index contributed by atoms with van der Waals surface area (Å²) in [6.07, 6.45) is 1.69. The third kappa shape index (κ3) is 5.14. The van der Waals surface area contributed by atoms with Gasteiger partial charge >= 0.3 is 0 Å². The van der Waals surface area contributed by atoms with Crippen LogP contribution in [0.15, 0.2) is 53.3 Å². The number of aromatic hydroxyl groups is 1. The Balaban J connectivity index is 2.03. The molecule has 0 bridgehead atoms. The molecule has 0 aliphatic carbocycles. The van der Waals surface area contributed by atoms with Crippen LogP contribution in [-0.2, 0) is 11.2 Å². The molecule has 23 heavy (non-hydrogen) atoms. The quantitative estimate of drug-likeness (QED) is 0.396. The molecule has 0 saturated carbocycles. The fourth-order valence-electron chi connectivity index (χ4n) is 1.71. The van der Waals surface area contributed by atoms with Gasteiger partial charge in [0.2, 0.25) is 5.91 Å². The van der Waals surface area contributed by atoms with Crippen LogP contribution in [0, 0.1) is 0 Å². The third-order valence-corrected chi connectivity index (χ3v) is 5.43. The van der Waals surface area contributed by atoms with Crippen molar-refractivity contribution in [1.29, 1.82) is 0 Å². The van der Waals surface area contributed by atoms with E-state index in [4.69, 9.17) is 0 Å². The zero-order valence-corrected chi connectivity index (χ0v) is 17.8. The standard InChI is InChI=1S/C15H10Br4N2O2/c16-9-3-1-8(2-4-9)5-13(22)21-20-7-10-11(17)6-12(18)15(23)14(10)19/h1-4,6-7,23H,5H2,(H,21,22). The molecule has 8 heteroatoms. The van der Waals surface area contributed by atoms with Gasteiger partial charge in [0.1, 0.15) is 5.75 Å². The van der Waals surface area contributed by atoms with E-state index in [2.05, 4.69) is 74.2 Å². The maximum Gasteiger partial charge on any atom is 0.244 e. The minimum absolute atomic E-state index is 0.0656. The first-order chi connectivity index (χ1) is 10.9. The summed E-state index contributed by atoms with van der Waals surface area (Å²) in [5, 5.41) is 13.8. The van der Waals surface area contributed by atoms with Gasteiger partial charge in [0.05, 0.1) is 21.6 Å². The molecular weight excluding hydrogens is 560 g/mol. The van der Waals surface area contributed by atoms with Crippen LogP contribution in [0.2, 0.25) is 0 Å². The van der Waals surface area contributed by atoms with Crippen LogP contribution in [0.1, 0.15) is 11.1 Å². The maximum absolute atomic E-state index is 11.9. The molecular formula is C15H10Br4N2O2. The minimum Gasteiger partial charge on any atom is -0.506 e. The number of hydrogen-bond donors (Lipinski definition) is 2. The lowest BCUT2D eigenvalue weighted by molar-refractivity contribution is -0.120. The summed E-state index contributed by atoms with van der Waals surface area (Å²) in [6, 6.07) is 9.20. The van der Waals surface area contributed by atoms with Crippen molar-refractivity contribution >= 4 is 75.8 Å². The molecule has 0 aliphatic rings. The van der Waals surface area contributed by atoms with Crippen molar-refractivity contribution in [3.05, 3.63) is 59.3 Å². The third-order valence-electron chi connectivity index (χ3n) is 2.84. The SMILES string of the molecule is O=C(Cc1ccc(Br)cc1)NN=Cc1c(Br)cc(Br)c(O)c1Br.